The highest BCUT2D eigenvalue weighted by atomic mass is 19.1. The lowest BCUT2D eigenvalue weighted by Gasteiger charge is -2.12. The average Bonchev–Trinajstić information content (AvgIpc) is 2.72. The lowest BCUT2D eigenvalue weighted by molar-refractivity contribution is 0.0952. The Hall–Kier alpha value is -3.53. The Bertz CT molecular complexity index is 1200. The van der Waals surface area contributed by atoms with Crippen molar-refractivity contribution in [2.45, 2.75) is 20.4 Å². The third kappa shape index (κ3) is 4.02. The van der Waals surface area contributed by atoms with E-state index < -0.39 is 0 Å². The number of aryl methyl sites for hydroxylation is 2. The smallest absolute Gasteiger partial charge is 0.252 e. The molecule has 0 saturated carbocycles. The van der Waals surface area contributed by atoms with Gasteiger partial charge in [0.1, 0.15) is 5.82 Å². The van der Waals surface area contributed by atoms with Gasteiger partial charge in [0.05, 0.1) is 16.8 Å². The third-order valence-corrected chi connectivity index (χ3v) is 4.98. The first-order valence-corrected chi connectivity index (χ1v) is 9.51. The maximum absolute atomic E-state index is 13.1. The van der Waals surface area contributed by atoms with Gasteiger partial charge in [0.25, 0.3) is 5.91 Å². The van der Waals surface area contributed by atoms with Crippen LogP contribution < -0.4 is 5.32 Å². The Balaban J connectivity index is 1.72. The van der Waals surface area contributed by atoms with Gasteiger partial charge in [-0.05, 0) is 49.2 Å². The van der Waals surface area contributed by atoms with Crippen molar-refractivity contribution in [1.29, 1.82) is 0 Å². The molecule has 0 spiro atoms. The third-order valence-electron chi connectivity index (χ3n) is 4.98. The topological polar surface area (TPSA) is 42.0 Å². The van der Waals surface area contributed by atoms with Gasteiger partial charge in [-0.3, -0.25) is 4.79 Å². The molecule has 4 heteroatoms. The van der Waals surface area contributed by atoms with E-state index in [-0.39, 0.29) is 11.7 Å². The van der Waals surface area contributed by atoms with E-state index in [9.17, 15) is 9.18 Å². The summed E-state index contributed by atoms with van der Waals surface area (Å²) in [6, 6.07) is 21.8. The summed E-state index contributed by atoms with van der Waals surface area (Å²) in [5.41, 5.74) is 6.27. The summed E-state index contributed by atoms with van der Waals surface area (Å²) < 4.78 is 13.1. The van der Waals surface area contributed by atoms with Gasteiger partial charge in [0, 0.05) is 17.5 Å². The van der Waals surface area contributed by atoms with E-state index in [1.165, 1.54) is 17.7 Å². The molecule has 1 heterocycles. The minimum absolute atomic E-state index is 0.182. The number of amides is 1. The highest BCUT2D eigenvalue weighted by molar-refractivity contribution is 6.07. The summed E-state index contributed by atoms with van der Waals surface area (Å²) in [7, 11) is 0. The Morgan fingerprint density at radius 2 is 1.72 bits per heavy atom. The summed E-state index contributed by atoms with van der Waals surface area (Å²) in [6.07, 6.45) is 0. The summed E-state index contributed by atoms with van der Waals surface area (Å²) in [5, 5.41) is 3.74. The van der Waals surface area contributed by atoms with Crippen LogP contribution in [0.5, 0.6) is 0 Å². The molecule has 0 fully saturated rings. The highest BCUT2D eigenvalue weighted by Crippen LogP contribution is 2.27. The van der Waals surface area contributed by atoms with Crippen molar-refractivity contribution in [3.8, 4) is 11.3 Å². The van der Waals surface area contributed by atoms with Crippen LogP contribution >= 0.6 is 0 Å². The van der Waals surface area contributed by atoms with Crippen LogP contribution in [0.25, 0.3) is 22.2 Å². The lowest BCUT2D eigenvalue weighted by atomic mass is 9.99. The zero-order chi connectivity index (χ0) is 20.4. The maximum atomic E-state index is 13.1. The summed E-state index contributed by atoms with van der Waals surface area (Å²) >= 11 is 0. The molecule has 29 heavy (non-hydrogen) atoms. The zero-order valence-electron chi connectivity index (χ0n) is 16.4. The molecule has 0 saturated heterocycles. The molecular weight excluding hydrogens is 363 g/mol. The monoisotopic (exact) mass is 384 g/mol. The molecule has 0 aliphatic heterocycles. The van der Waals surface area contributed by atoms with E-state index >= 15 is 0 Å². The van der Waals surface area contributed by atoms with Gasteiger partial charge >= 0.3 is 0 Å². The molecule has 3 aromatic carbocycles. The molecule has 0 radical (unpaired) electrons. The number of nitrogens with one attached hydrogen (secondary N) is 1. The van der Waals surface area contributed by atoms with Crippen LogP contribution in [-0.2, 0) is 6.54 Å². The molecule has 4 aromatic rings. The van der Waals surface area contributed by atoms with E-state index in [1.807, 2.05) is 49.4 Å². The molecular formula is C25H21FN2O. The fraction of sp³-hybridized carbons (Fsp3) is 0.120. The van der Waals surface area contributed by atoms with Crippen molar-refractivity contribution < 1.29 is 9.18 Å². The number of hydrogen-bond acceptors (Lipinski definition) is 2. The molecule has 0 atom stereocenters. The van der Waals surface area contributed by atoms with Gasteiger partial charge in [0.15, 0.2) is 0 Å². The lowest BCUT2D eigenvalue weighted by Crippen LogP contribution is -2.23. The number of carbonyl (C=O) groups excluding carboxylic acids is 1. The summed E-state index contributed by atoms with van der Waals surface area (Å²) in [4.78, 5) is 17.8. The number of fused-ring (bicyclic) bond motifs is 1. The van der Waals surface area contributed by atoms with Gasteiger partial charge in [-0.15, -0.1) is 0 Å². The van der Waals surface area contributed by atoms with E-state index in [2.05, 4.69) is 18.3 Å². The molecule has 1 aromatic heterocycles. The molecule has 1 amide bonds. The van der Waals surface area contributed by atoms with Gasteiger partial charge in [-0.25, -0.2) is 9.37 Å². The number of pyridine rings is 1. The zero-order valence-corrected chi connectivity index (χ0v) is 16.4. The minimum atomic E-state index is -0.293. The van der Waals surface area contributed by atoms with Crippen molar-refractivity contribution in [2.24, 2.45) is 0 Å². The SMILES string of the molecule is Cc1ccc(-c2cc(C(=O)NCc3ccc(F)cc3)c3ccccc3n2)c(C)c1. The fourth-order valence-corrected chi connectivity index (χ4v) is 3.48. The highest BCUT2D eigenvalue weighted by Gasteiger charge is 2.15. The van der Waals surface area contributed by atoms with Gasteiger partial charge in [-0.1, -0.05) is 54.1 Å². The molecule has 0 aliphatic rings. The van der Waals surface area contributed by atoms with Crippen molar-refractivity contribution in [2.75, 3.05) is 0 Å². The van der Waals surface area contributed by atoms with Crippen LogP contribution in [-0.4, -0.2) is 10.9 Å². The van der Waals surface area contributed by atoms with Crippen LogP contribution in [0.2, 0.25) is 0 Å². The van der Waals surface area contributed by atoms with Crippen LogP contribution in [0.4, 0.5) is 4.39 Å². The van der Waals surface area contributed by atoms with Gasteiger partial charge in [0.2, 0.25) is 0 Å². The number of nitrogens with zero attached hydrogens (tertiary/aromatic N) is 1. The number of carbonyl (C=O) groups is 1. The Morgan fingerprint density at radius 3 is 2.48 bits per heavy atom. The number of hydrogen-bond donors (Lipinski definition) is 1. The largest absolute Gasteiger partial charge is 0.348 e. The first kappa shape index (κ1) is 18.8. The minimum Gasteiger partial charge on any atom is -0.348 e. The number of rotatable bonds is 4. The second-order valence-electron chi connectivity index (χ2n) is 7.20. The number of benzene rings is 3. The van der Waals surface area contributed by atoms with Crippen molar-refractivity contribution in [3.63, 3.8) is 0 Å². The van der Waals surface area contributed by atoms with Gasteiger partial charge in [-0.2, -0.15) is 0 Å². The van der Waals surface area contributed by atoms with E-state index in [0.717, 1.165) is 33.3 Å². The molecule has 0 bridgehead atoms. The number of para-hydroxylation sites is 1. The number of halogens is 1. The van der Waals surface area contributed by atoms with Crippen molar-refractivity contribution >= 4 is 16.8 Å². The second-order valence-corrected chi connectivity index (χ2v) is 7.20. The predicted molar refractivity (Wildman–Crippen MR) is 114 cm³/mol. The Morgan fingerprint density at radius 1 is 0.966 bits per heavy atom. The molecule has 0 unspecified atom stereocenters. The molecule has 144 valence electrons. The number of aromatic nitrogens is 1. The summed E-state index contributed by atoms with van der Waals surface area (Å²) in [5.74, 6) is -0.475. The van der Waals surface area contributed by atoms with Crippen molar-refractivity contribution in [3.05, 3.63) is 101 Å². The predicted octanol–water partition coefficient (Wildman–Crippen LogP) is 5.59. The van der Waals surface area contributed by atoms with Crippen LogP contribution in [0.15, 0.2) is 72.8 Å². The standard InChI is InChI=1S/C25H21FN2O/c1-16-7-12-20(17(2)13-16)24-14-22(21-5-3-4-6-23(21)28-24)25(29)27-15-18-8-10-19(26)11-9-18/h3-14H,15H2,1-2H3,(H,27,29). The molecule has 0 aliphatic carbocycles. The van der Waals surface area contributed by atoms with E-state index in [1.54, 1.807) is 12.1 Å². The average molecular weight is 384 g/mol. The Kier molecular flexibility index (Phi) is 5.09. The van der Waals surface area contributed by atoms with Gasteiger partial charge < -0.3 is 5.32 Å². The molecule has 4 rings (SSSR count). The van der Waals surface area contributed by atoms with E-state index in [4.69, 9.17) is 4.98 Å². The molecule has 1 N–H and O–H groups in total. The van der Waals surface area contributed by atoms with Crippen LogP contribution in [0.1, 0.15) is 27.0 Å². The Labute approximate surface area is 169 Å². The fourth-order valence-electron chi connectivity index (χ4n) is 3.48. The van der Waals surface area contributed by atoms with Crippen LogP contribution in [0, 0.1) is 19.7 Å². The maximum Gasteiger partial charge on any atom is 0.252 e. The van der Waals surface area contributed by atoms with Crippen molar-refractivity contribution in [1.82, 2.24) is 10.3 Å². The first-order chi connectivity index (χ1) is 14.0. The normalized spacial score (nSPS) is 10.9. The van der Waals surface area contributed by atoms with E-state index in [0.29, 0.717) is 12.1 Å². The first-order valence-electron chi connectivity index (χ1n) is 9.51. The quantitative estimate of drug-likeness (QED) is 0.498. The summed E-state index contributed by atoms with van der Waals surface area (Å²) in [6.45, 7) is 4.43. The second kappa shape index (κ2) is 7.84. The van der Waals surface area contributed by atoms with Crippen LogP contribution in [0.3, 0.4) is 0 Å². The molecule has 3 nitrogen and oxygen atoms in total.